The second-order valence-corrected chi connectivity index (χ2v) is 8.97. The molecule has 6 aromatic rings. The van der Waals surface area contributed by atoms with Crippen LogP contribution in [0.3, 0.4) is 0 Å². The normalized spacial score (nSPS) is 14.6. The Hall–Kier alpha value is -4.37. The van der Waals surface area contributed by atoms with E-state index < -0.39 is 0 Å². The van der Waals surface area contributed by atoms with Crippen molar-refractivity contribution in [2.75, 3.05) is 0 Å². The Kier molecular flexibility index (Phi) is 4.12. The summed E-state index contributed by atoms with van der Waals surface area (Å²) in [5.41, 5.74) is 5.34. The van der Waals surface area contributed by atoms with E-state index in [1.165, 1.54) is 0 Å². The molecule has 0 aliphatic carbocycles. The SMILES string of the molecule is Cc1nn(-c2ccccc2)c2c1[C@@H](c1cccnc1)c1c(ncn3nc(-c4cccs4)nc13)O2. The highest BCUT2D eigenvalue weighted by atomic mass is 32.1. The van der Waals surface area contributed by atoms with Crippen molar-refractivity contribution in [2.45, 2.75) is 12.8 Å². The van der Waals surface area contributed by atoms with E-state index in [-0.39, 0.29) is 5.92 Å². The van der Waals surface area contributed by atoms with Gasteiger partial charge >= 0.3 is 0 Å². The molecule has 0 fully saturated rings. The molecule has 7 rings (SSSR count). The number of fused-ring (bicyclic) bond motifs is 4. The zero-order chi connectivity index (χ0) is 22.6. The van der Waals surface area contributed by atoms with Gasteiger partial charge in [0.15, 0.2) is 11.5 Å². The van der Waals surface area contributed by atoms with Crippen molar-refractivity contribution < 1.29 is 4.74 Å². The second-order valence-electron chi connectivity index (χ2n) is 8.02. The Bertz CT molecular complexity index is 1640. The van der Waals surface area contributed by atoms with E-state index >= 15 is 0 Å². The molecule has 0 spiro atoms. The van der Waals surface area contributed by atoms with Crippen LogP contribution in [0.25, 0.3) is 22.0 Å². The number of ether oxygens (including phenoxy) is 1. The van der Waals surface area contributed by atoms with Crippen LogP contribution < -0.4 is 4.74 Å². The van der Waals surface area contributed by atoms with Crippen LogP contribution >= 0.6 is 11.3 Å². The minimum Gasteiger partial charge on any atom is -0.420 e. The van der Waals surface area contributed by atoms with Gasteiger partial charge in [-0.15, -0.1) is 16.4 Å². The van der Waals surface area contributed by atoms with Gasteiger partial charge in [-0.3, -0.25) is 4.98 Å². The predicted octanol–water partition coefficient (Wildman–Crippen LogP) is 5.03. The Balaban J connectivity index is 1.51. The van der Waals surface area contributed by atoms with E-state index in [1.54, 1.807) is 28.4 Å². The number of hydrogen-bond acceptors (Lipinski definition) is 7. The summed E-state index contributed by atoms with van der Waals surface area (Å²) < 4.78 is 10.00. The fraction of sp³-hybridized carbons (Fsp3) is 0.0800. The Morgan fingerprint density at radius 3 is 2.68 bits per heavy atom. The van der Waals surface area contributed by atoms with Crippen LogP contribution in [0.4, 0.5) is 0 Å². The second kappa shape index (κ2) is 7.32. The largest absolute Gasteiger partial charge is 0.420 e. The molecule has 5 aromatic heterocycles. The molecular weight excluding hydrogens is 446 g/mol. The first-order chi connectivity index (χ1) is 16.8. The average molecular weight is 464 g/mol. The molecule has 0 saturated carbocycles. The summed E-state index contributed by atoms with van der Waals surface area (Å²) in [7, 11) is 0. The van der Waals surface area contributed by atoms with Crippen LogP contribution in [0, 0.1) is 6.92 Å². The van der Waals surface area contributed by atoms with Crippen LogP contribution in [-0.2, 0) is 0 Å². The molecular formula is C25H17N7OS. The van der Waals surface area contributed by atoms with Gasteiger partial charge in [0.05, 0.1) is 33.3 Å². The van der Waals surface area contributed by atoms with Crippen molar-refractivity contribution in [1.29, 1.82) is 0 Å². The topological polar surface area (TPSA) is 83.0 Å². The summed E-state index contributed by atoms with van der Waals surface area (Å²) in [6, 6.07) is 18.0. The summed E-state index contributed by atoms with van der Waals surface area (Å²) in [6.45, 7) is 2.00. The lowest BCUT2D eigenvalue weighted by Crippen LogP contribution is -2.16. The van der Waals surface area contributed by atoms with E-state index in [0.717, 1.165) is 32.9 Å². The van der Waals surface area contributed by atoms with Crippen molar-refractivity contribution in [3.63, 3.8) is 0 Å². The third-order valence-electron chi connectivity index (χ3n) is 5.98. The van der Waals surface area contributed by atoms with E-state index in [1.807, 2.05) is 71.7 Å². The molecule has 0 N–H and O–H groups in total. The molecule has 8 nitrogen and oxygen atoms in total. The molecule has 0 bridgehead atoms. The van der Waals surface area contributed by atoms with Gasteiger partial charge in [0.1, 0.15) is 6.33 Å². The zero-order valence-electron chi connectivity index (χ0n) is 18.0. The first kappa shape index (κ1) is 19.1. The van der Waals surface area contributed by atoms with Gasteiger partial charge in [-0.05, 0) is 42.1 Å². The van der Waals surface area contributed by atoms with Crippen LogP contribution in [0.15, 0.2) is 78.7 Å². The fourth-order valence-corrected chi connectivity index (χ4v) is 5.17. The number of aryl methyl sites for hydroxylation is 1. The Morgan fingerprint density at radius 2 is 1.88 bits per heavy atom. The first-order valence-electron chi connectivity index (χ1n) is 10.8. The van der Waals surface area contributed by atoms with Gasteiger partial charge in [-0.25, -0.2) is 19.2 Å². The first-order valence-corrected chi connectivity index (χ1v) is 11.7. The summed E-state index contributed by atoms with van der Waals surface area (Å²) in [5.74, 6) is 1.61. The van der Waals surface area contributed by atoms with Gasteiger partial charge in [0, 0.05) is 12.4 Å². The summed E-state index contributed by atoms with van der Waals surface area (Å²) in [6.07, 6.45) is 5.30. The number of aromatic nitrogens is 7. The standard InChI is InChI=1S/C25H17N7OS/c1-15-19-20(16-7-5-11-26-13-16)21-23-28-22(18-10-6-12-34-18)30-31(23)14-27-24(21)33-25(19)32(29-15)17-8-3-2-4-9-17/h2-14,20H,1H3/t20-/m1/s1. The fourth-order valence-electron chi connectivity index (χ4n) is 4.51. The van der Waals surface area contributed by atoms with Crippen molar-refractivity contribution in [1.82, 2.24) is 34.3 Å². The average Bonchev–Trinajstić information content (AvgIpc) is 3.63. The van der Waals surface area contributed by atoms with Gasteiger partial charge in [-0.1, -0.05) is 30.3 Å². The quantitative estimate of drug-likeness (QED) is 0.366. The molecule has 0 amide bonds. The maximum absolute atomic E-state index is 6.43. The Morgan fingerprint density at radius 1 is 0.971 bits per heavy atom. The lowest BCUT2D eigenvalue weighted by Gasteiger charge is -2.26. The summed E-state index contributed by atoms with van der Waals surface area (Å²) in [4.78, 5) is 14.9. The van der Waals surface area contributed by atoms with Crippen molar-refractivity contribution >= 4 is 17.0 Å². The van der Waals surface area contributed by atoms with E-state index in [2.05, 4.69) is 21.1 Å². The molecule has 0 saturated heterocycles. The molecule has 1 aliphatic heterocycles. The maximum atomic E-state index is 6.43. The third kappa shape index (κ3) is 2.80. The number of rotatable bonds is 3. The van der Waals surface area contributed by atoms with E-state index in [4.69, 9.17) is 14.8 Å². The van der Waals surface area contributed by atoms with Crippen LogP contribution in [-0.4, -0.2) is 34.3 Å². The number of thiophene rings is 1. The smallest absolute Gasteiger partial charge is 0.230 e. The number of nitrogens with zero attached hydrogens (tertiary/aromatic N) is 7. The lowest BCUT2D eigenvalue weighted by atomic mass is 9.85. The van der Waals surface area contributed by atoms with Crippen LogP contribution in [0.1, 0.15) is 28.3 Å². The van der Waals surface area contributed by atoms with Crippen molar-refractivity contribution in [3.05, 3.63) is 101 Å². The van der Waals surface area contributed by atoms with E-state index in [0.29, 0.717) is 23.2 Å². The summed E-state index contributed by atoms with van der Waals surface area (Å²) in [5, 5.41) is 11.6. The predicted molar refractivity (Wildman–Crippen MR) is 128 cm³/mol. The molecule has 34 heavy (non-hydrogen) atoms. The lowest BCUT2D eigenvalue weighted by molar-refractivity contribution is 0.402. The van der Waals surface area contributed by atoms with Crippen LogP contribution in [0.2, 0.25) is 0 Å². The number of benzene rings is 1. The minimum atomic E-state index is -0.207. The van der Waals surface area contributed by atoms with Crippen LogP contribution in [0.5, 0.6) is 11.8 Å². The van der Waals surface area contributed by atoms with Gasteiger partial charge in [0.25, 0.3) is 0 Å². The van der Waals surface area contributed by atoms with Gasteiger partial charge < -0.3 is 4.74 Å². The van der Waals surface area contributed by atoms with Crippen molar-refractivity contribution in [2.24, 2.45) is 0 Å². The monoisotopic (exact) mass is 463 g/mol. The van der Waals surface area contributed by atoms with Gasteiger partial charge in [-0.2, -0.15) is 5.10 Å². The Labute approximate surface area is 198 Å². The maximum Gasteiger partial charge on any atom is 0.230 e. The molecule has 6 heterocycles. The molecule has 1 aliphatic rings. The minimum absolute atomic E-state index is 0.207. The molecule has 0 unspecified atom stereocenters. The molecule has 1 aromatic carbocycles. The summed E-state index contributed by atoms with van der Waals surface area (Å²) >= 11 is 1.60. The molecule has 9 heteroatoms. The number of hydrogen-bond donors (Lipinski definition) is 0. The number of para-hydroxylation sites is 1. The molecule has 0 radical (unpaired) electrons. The zero-order valence-corrected chi connectivity index (χ0v) is 18.8. The van der Waals surface area contributed by atoms with Gasteiger partial charge in [0.2, 0.25) is 11.8 Å². The highest BCUT2D eigenvalue weighted by Crippen LogP contribution is 2.49. The van der Waals surface area contributed by atoms with Crippen molar-refractivity contribution in [3.8, 4) is 28.1 Å². The highest BCUT2D eigenvalue weighted by Gasteiger charge is 2.38. The number of pyridine rings is 1. The third-order valence-corrected chi connectivity index (χ3v) is 6.85. The molecule has 164 valence electrons. The molecule has 1 atom stereocenters. The van der Waals surface area contributed by atoms with E-state index in [9.17, 15) is 0 Å². The highest BCUT2D eigenvalue weighted by molar-refractivity contribution is 7.13.